The van der Waals surface area contributed by atoms with Gasteiger partial charge >= 0.3 is 18.1 Å². The van der Waals surface area contributed by atoms with Crippen molar-refractivity contribution in [3.8, 4) is 0 Å². The van der Waals surface area contributed by atoms with Crippen molar-refractivity contribution in [2.75, 3.05) is 20.3 Å². The lowest BCUT2D eigenvalue weighted by atomic mass is 9.97. The van der Waals surface area contributed by atoms with Crippen molar-refractivity contribution in [1.29, 1.82) is 0 Å². The lowest BCUT2D eigenvalue weighted by molar-refractivity contribution is -0.194. The number of alkyl halides is 3. The SMILES string of the molecule is COCC1(C(=O)O)CCCN1C(=O)C(F)(F)F. The summed E-state index contributed by atoms with van der Waals surface area (Å²) in [5.41, 5.74) is -1.90. The minimum Gasteiger partial charge on any atom is -0.479 e. The van der Waals surface area contributed by atoms with E-state index in [0.29, 0.717) is 4.90 Å². The van der Waals surface area contributed by atoms with E-state index in [0.717, 1.165) is 0 Å². The molecule has 1 aliphatic rings. The van der Waals surface area contributed by atoms with Gasteiger partial charge in [-0.2, -0.15) is 13.2 Å². The number of carboxylic acids is 1. The van der Waals surface area contributed by atoms with Crippen LogP contribution in [-0.2, 0) is 14.3 Å². The Morgan fingerprint density at radius 3 is 2.47 bits per heavy atom. The number of hydrogen-bond acceptors (Lipinski definition) is 3. The van der Waals surface area contributed by atoms with Gasteiger partial charge in [0.2, 0.25) is 0 Å². The molecule has 1 saturated heterocycles. The molecule has 0 saturated carbocycles. The van der Waals surface area contributed by atoms with Crippen molar-refractivity contribution in [1.82, 2.24) is 4.90 Å². The summed E-state index contributed by atoms with van der Waals surface area (Å²) in [6, 6.07) is 0. The highest BCUT2D eigenvalue weighted by Gasteiger charge is 2.56. The summed E-state index contributed by atoms with van der Waals surface area (Å²) >= 11 is 0. The van der Waals surface area contributed by atoms with Gasteiger partial charge in [-0.3, -0.25) is 4.79 Å². The number of nitrogens with zero attached hydrogens (tertiary/aromatic N) is 1. The third-order valence-corrected chi connectivity index (χ3v) is 2.76. The number of carboxylic acid groups (broad SMARTS) is 1. The summed E-state index contributed by atoms with van der Waals surface area (Å²) in [5, 5.41) is 9.04. The largest absolute Gasteiger partial charge is 0.479 e. The molecule has 1 fully saturated rings. The summed E-state index contributed by atoms with van der Waals surface area (Å²) in [6.45, 7) is -0.682. The van der Waals surface area contributed by atoms with E-state index in [-0.39, 0.29) is 19.4 Å². The van der Waals surface area contributed by atoms with Crippen LogP contribution in [0.4, 0.5) is 13.2 Å². The molecule has 0 aliphatic carbocycles. The number of rotatable bonds is 3. The third kappa shape index (κ3) is 2.36. The molecule has 0 radical (unpaired) electrons. The summed E-state index contributed by atoms with van der Waals surface area (Å²) in [4.78, 5) is 22.6. The minimum atomic E-state index is -5.07. The van der Waals surface area contributed by atoms with Crippen molar-refractivity contribution >= 4 is 11.9 Å². The Morgan fingerprint density at radius 2 is 2.06 bits per heavy atom. The van der Waals surface area contributed by atoms with Crippen LogP contribution in [0.25, 0.3) is 0 Å². The van der Waals surface area contributed by atoms with Gasteiger partial charge in [-0.1, -0.05) is 0 Å². The first-order valence-corrected chi connectivity index (χ1v) is 4.87. The zero-order chi connectivity index (χ0) is 13.3. The third-order valence-electron chi connectivity index (χ3n) is 2.76. The van der Waals surface area contributed by atoms with Gasteiger partial charge in [0.05, 0.1) is 6.61 Å². The molecule has 17 heavy (non-hydrogen) atoms. The lowest BCUT2D eigenvalue weighted by Crippen LogP contribution is -2.58. The Balaban J connectivity index is 3.05. The number of carbonyl (C=O) groups excluding carboxylic acids is 1. The number of amides is 1. The number of ether oxygens (including phenoxy) is 1. The highest BCUT2D eigenvalue weighted by molar-refractivity contribution is 5.90. The van der Waals surface area contributed by atoms with Crippen LogP contribution in [0.15, 0.2) is 0 Å². The molecule has 0 aromatic carbocycles. The lowest BCUT2D eigenvalue weighted by Gasteiger charge is -2.34. The first kappa shape index (κ1) is 13.8. The topological polar surface area (TPSA) is 66.8 Å². The van der Waals surface area contributed by atoms with Crippen molar-refractivity contribution in [2.45, 2.75) is 24.6 Å². The summed E-state index contributed by atoms with van der Waals surface area (Å²) in [7, 11) is 1.18. The predicted octanol–water partition coefficient (Wildman–Crippen LogP) is 0.641. The first-order chi connectivity index (χ1) is 7.75. The van der Waals surface area contributed by atoms with Crippen LogP contribution in [0.2, 0.25) is 0 Å². The highest BCUT2D eigenvalue weighted by Crippen LogP contribution is 2.34. The molecule has 1 heterocycles. The average molecular weight is 255 g/mol. The van der Waals surface area contributed by atoms with E-state index in [9.17, 15) is 22.8 Å². The molecule has 0 spiro atoms. The molecule has 1 rings (SSSR count). The number of carbonyl (C=O) groups is 2. The number of halogens is 3. The molecule has 1 aliphatic heterocycles. The van der Waals surface area contributed by atoms with Crippen LogP contribution in [0.1, 0.15) is 12.8 Å². The van der Waals surface area contributed by atoms with E-state index in [4.69, 9.17) is 5.11 Å². The molecular weight excluding hydrogens is 243 g/mol. The van der Waals surface area contributed by atoms with Crippen LogP contribution >= 0.6 is 0 Å². The van der Waals surface area contributed by atoms with E-state index in [2.05, 4.69) is 4.74 Å². The van der Waals surface area contributed by atoms with E-state index in [1.807, 2.05) is 0 Å². The van der Waals surface area contributed by atoms with E-state index < -0.39 is 30.2 Å². The number of hydrogen-bond donors (Lipinski definition) is 1. The maximum absolute atomic E-state index is 12.3. The number of likely N-dealkylation sites (tertiary alicyclic amines) is 1. The van der Waals surface area contributed by atoms with Gasteiger partial charge in [0.1, 0.15) is 0 Å². The highest BCUT2D eigenvalue weighted by atomic mass is 19.4. The smallest absolute Gasteiger partial charge is 0.471 e. The summed E-state index contributed by atoms with van der Waals surface area (Å²) in [6.07, 6.45) is -4.91. The fraction of sp³-hybridized carbons (Fsp3) is 0.778. The Morgan fingerprint density at radius 1 is 1.47 bits per heavy atom. The molecule has 5 nitrogen and oxygen atoms in total. The zero-order valence-corrected chi connectivity index (χ0v) is 9.08. The van der Waals surface area contributed by atoms with Crippen LogP contribution in [0, 0.1) is 0 Å². The van der Waals surface area contributed by atoms with E-state index in [1.54, 1.807) is 0 Å². The molecule has 98 valence electrons. The van der Waals surface area contributed by atoms with Crippen molar-refractivity contribution in [3.63, 3.8) is 0 Å². The van der Waals surface area contributed by atoms with E-state index >= 15 is 0 Å². The Kier molecular flexibility index (Phi) is 3.65. The van der Waals surface area contributed by atoms with Gasteiger partial charge in [0.15, 0.2) is 5.54 Å². The van der Waals surface area contributed by atoms with Crippen LogP contribution in [0.5, 0.6) is 0 Å². The second-order valence-electron chi connectivity index (χ2n) is 3.83. The van der Waals surface area contributed by atoms with Crippen molar-refractivity contribution in [3.05, 3.63) is 0 Å². The molecular formula is C9H12F3NO4. The van der Waals surface area contributed by atoms with Crippen LogP contribution < -0.4 is 0 Å². The normalized spacial score (nSPS) is 25.1. The molecule has 1 unspecified atom stereocenters. The monoisotopic (exact) mass is 255 g/mol. The second-order valence-corrected chi connectivity index (χ2v) is 3.83. The fourth-order valence-electron chi connectivity index (χ4n) is 2.00. The molecule has 8 heteroatoms. The van der Waals surface area contributed by atoms with Crippen LogP contribution in [-0.4, -0.2) is 53.9 Å². The average Bonchev–Trinajstić information content (AvgIpc) is 2.60. The van der Waals surface area contributed by atoms with Gasteiger partial charge in [0.25, 0.3) is 0 Å². The predicted molar refractivity (Wildman–Crippen MR) is 49.2 cm³/mol. The Hall–Kier alpha value is -1.31. The summed E-state index contributed by atoms with van der Waals surface area (Å²) < 4.78 is 41.6. The zero-order valence-electron chi connectivity index (χ0n) is 9.08. The van der Waals surface area contributed by atoms with Gasteiger partial charge < -0.3 is 14.7 Å². The Labute approximate surface area is 95.1 Å². The first-order valence-electron chi connectivity index (χ1n) is 4.87. The Bertz CT molecular complexity index is 331. The maximum Gasteiger partial charge on any atom is 0.471 e. The molecule has 1 N–H and O–H groups in total. The van der Waals surface area contributed by atoms with Crippen molar-refractivity contribution < 1.29 is 32.6 Å². The van der Waals surface area contributed by atoms with Crippen LogP contribution in [0.3, 0.4) is 0 Å². The van der Waals surface area contributed by atoms with Gasteiger partial charge in [-0.05, 0) is 12.8 Å². The molecule has 1 amide bonds. The fourth-order valence-corrected chi connectivity index (χ4v) is 2.00. The summed E-state index contributed by atoms with van der Waals surface area (Å²) in [5.74, 6) is -3.61. The molecule has 0 aromatic heterocycles. The number of methoxy groups -OCH3 is 1. The number of aliphatic carboxylic acids is 1. The van der Waals surface area contributed by atoms with Crippen molar-refractivity contribution in [2.24, 2.45) is 0 Å². The quantitative estimate of drug-likeness (QED) is 0.803. The molecule has 0 aromatic rings. The minimum absolute atomic E-state index is 0.0437. The van der Waals surface area contributed by atoms with Gasteiger partial charge in [-0.25, -0.2) is 4.79 Å². The van der Waals surface area contributed by atoms with Gasteiger partial charge in [0, 0.05) is 13.7 Å². The van der Waals surface area contributed by atoms with Gasteiger partial charge in [-0.15, -0.1) is 0 Å². The standard InChI is InChI=1S/C9H12F3NO4/c1-17-5-8(7(15)16)3-2-4-13(8)6(14)9(10,11)12/h2-5H2,1H3,(H,15,16). The van der Waals surface area contributed by atoms with E-state index in [1.165, 1.54) is 7.11 Å². The second kappa shape index (κ2) is 4.52. The molecule has 0 bridgehead atoms. The maximum atomic E-state index is 12.3. The molecule has 1 atom stereocenters.